The second-order valence-corrected chi connectivity index (χ2v) is 12.3. The van der Waals surface area contributed by atoms with Gasteiger partial charge in [0.2, 0.25) is 11.8 Å². The third kappa shape index (κ3) is 7.12. The number of hydrogen-bond acceptors (Lipinski definition) is 4. The van der Waals surface area contributed by atoms with Crippen LogP contribution in [-0.2, 0) is 26.2 Å². The van der Waals surface area contributed by atoms with Gasteiger partial charge in [0, 0.05) is 22.6 Å². The van der Waals surface area contributed by atoms with Gasteiger partial charge in [-0.1, -0.05) is 78.5 Å². The molecule has 1 unspecified atom stereocenters. The van der Waals surface area contributed by atoms with Gasteiger partial charge in [0.1, 0.15) is 12.6 Å². The highest BCUT2D eigenvalue weighted by molar-refractivity contribution is 7.92. The second kappa shape index (κ2) is 12.9. The monoisotopic (exact) mass is 587 g/mol. The maximum atomic E-state index is 13.9. The molecule has 2 amide bonds. The third-order valence-corrected chi connectivity index (χ3v) is 9.25. The molecule has 1 aliphatic rings. The van der Waals surface area contributed by atoms with Crippen molar-refractivity contribution in [2.24, 2.45) is 0 Å². The molecule has 10 heteroatoms. The Morgan fingerprint density at radius 3 is 2.18 bits per heavy atom. The summed E-state index contributed by atoms with van der Waals surface area (Å²) in [5.74, 6) is -0.837. The molecular formula is C29H31Cl2N3O4S. The second-order valence-electron chi connectivity index (χ2n) is 9.58. The lowest BCUT2D eigenvalue weighted by Gasteiger charge is -2.32. The molecule has 3 aromatic carbocycles. The Bertz CT molecular complexity index is 1400. The van der Waals surface area contributed by atoms with Crippen LogP contribution in [0, 0.1) is 0 Å². The quantitative estimate of drug-likeness (QED) is 0.331. The highest BCUT2D eigenvalue weighted by Gasteiger charge is 2.33. The van der Waals surface area contributed by atoms with Crippen molar-refractivity contribution >= 4 is 50.7 Å². The van der Waals surface area contributed by atoms with Gasteiger partial charge >= 0.3 is 0 Å². The highest BCUT2D eigenvalue weighted by atomic mass is 35.5. The molecule has 1 aliphatic carbocycles. The maximum absolute atomic E-state index is 13.9. The fourth-order valence-corrected chi connectivity index (χ4v) is 6.55. The molecule has 39 heavy (non-hydrogen) atoms. The van der Waals surface area contributed by atoms with Gasteiger partial charge in [-0.15, -0.1) is 0 Å². The number of para-hydroxylation sites is 1. The molecular weight excluding hydrogens is 557 g/mol. The van der Waals surface area contributed by atoms with Crippen LogP contribution in [0.2, 0.25) is 10.0 Å². The van der Waals surface area contributed by atoms with Gasteiger partial charge in [0.05, 0.1) is 10.6 Å². The molecule has 0 aliphatic heterocycles. The van der Waals surface area contributed by atoms with Gasteiger partial charge in [0.15, 0.2) is 0 Å². The van der Waals surface area contributed by atoms with Crippen LogP contribution < -0.4 is 9.62 Å². The van der Waals surface area contributed by atoms with Crippen molar-refractivity contribution in [1.29, 1.82) is 0 Å². The predicted molar refractivity (Wildman–Crippen MR) is 154 cm³/mol. The molecule has 0 aromatic heterocycles. The van der Waals surface area contributed by atoms with E-state index in [9.17, 15) is 18.0 Å². The molecule has 4 rings (SSSR count). The van der Waals surface area contributed by atoms with E-state index in [1.54, 1.807) is 73.7 Å². The summed E-state index contributed by atoms with van der Waals surface area (Å²) in [5, 5.41) is 3.84. The van der Waals surface area contributed by atoms with E-state index >= 15 is 0 Å². The molecule has 0 bridgehead atoms. The van der Waals surface area contributed by atoms with E-state index in [1.165, 1.54) is 17.0 Å². The summed E-state index contributed by atoms with van der Waals surface area (Å²) in [5.41, 5.74) is 0.925. The fourth-order valence-electron chi connectivity index (χ4n) is 4.65. The normalized spacial score (nSPS) is 14.5. The summed E-state index contributed by atoms with van der Waals surface area (Å²) < 4.78 is 28.5. The van der Waals surface area contributed by atoms with E-state index in [0.717, 1.165) is 30.0 Å². The Balaban J connectivity index is 1.67. The fraction of sp³-hybridized carbons (Fsp3) is 0.310. The number of sulfonamides is 1. The van der Waals surface area contributed by atoms with E-state index in [2.05, 4.69) is 5.32 Å². The number of hydrogen-bond donors (Lipinski definition) is 1. The number of benzene rings is 3. The highest BCUT2D eigenvalue weighted by Crippen LogP contribution is 2.26. The number of carbonyl (C=O) groups excluding carboxylic acids is 2. The lowest BCUT2D eigenvalue weighted by atomic mass is 10.1. The molecule has 0 spiro atoms. The van der Waals surface area contributed by atoms with Crippen LogP contribution in [0.25, 0.3) is 0 Å². The van der Waals surface area contributed by atoms with Crippen LogP contribution in [0.1, 0.15) is 38.2 Å². The average Bonchev–Trinajstić information content (AvgIpc) is 3.44. The molecule has 0 saturated heterocycles. The molecule has 1 atom stereocenters. The van der Waals surface area contributed by atoms with Crippen molar-refractivity contribution < 1.29 is 18.0 Å². The van der Waals surface area contributed by atoms with Crippen molar-refractivity contribution in [3.63, 3.8) is 0 Å². The number of nitrogens with zero attached hydrogens (tertiary/aromatic N) is 2. The Kier molecular flexibility index (Phi) is 9.53. The Labute approximate surface area is 239 Å². The number of amides is 2. The summed E-state index contributed by atoms with van der Waals surface area (Å²) in [6.45, 7) is 1.14. The van der Waals surface area contributed by atoms with Crippen molar-refractivity contribution in [3.8, 4) is 0 Å². The number of halogens is 2. The zero-order chi connectivity index (χ0) is 28.0. The number of nitrogens with one attached hydrogen (secondary N) is 1. The van der Waals surface area contributed by atoms with Crippen LogP contribution in [0.4, 0.5) is 5.69 Å². The standard InChI is InChI=1S/C29H31Cl2N3O4S/c1-21(29(36)32-24-10-8-9-11-24)33(19-22-16-17-23(30)18-27(22)31)28(35)20-34(25-12-4-2-5-13-25)39(37,38)26-14-6-3-7-15-26/h2-7,12-18,21,24H,8-11,19-20H2,1H3,(H,32,36). The van der Waals surface area contributed by atoms with Crippen molar-refractivity contribution in [2.45, 2.75) is 56.1 Å². The first-order valence-corrected chi connectivity index (χ1v) is 15.0. The molecule has 0 heterocycles. The van der Waals surface area contributed by atoms with E-state index < -0.39 is 28.5 Å². The molecule has 7 nitrogen and oxygen atoms in total. The summed E-state index contributed by atoms with van der Waals surface area (Å²) >= 11 is 12.5. The molecule has 206 valence electrons. The SMILES string of the molecule is CC(C(=O)NC1CCCC1)N(Cc1ccc(Cl)cc1Cl)C(=O)CN(c1ccccc1)S(=O)(=O)c1ccccc1. The Morgan fingerprint density at radius 1 is 0.949 bits per heavy atom. The molecule has 3 aromatic rings. The van der Waals surface area contributed by atoms with E-state index in [0.29, 0.717) is 21.3 Å². The Morgan fingerprint density at radius 2 is 1.56 bits per heavy atom. The largest absolute Gasteiger partial charge is 0.352 e. The van der Waals surface area contributed by atoms with Crippen molar-refractivity contribution in [2.75, 3.05) is 10.8 Å². The van der Waals surface area contributed by atoms with Crippen LogP contribution in [0.15, 0.2) is 83.8 Å². The van der Waals surface area contributed by atoms with Crippen molar-refractivity contribution in [1.82, 2.24) is 10.2 Å². The first-order valence-electron chi connectivity index (χ1n) is 12.8. The number of anilines is 1. The summed E-state index contributed by atoms with van der Waals surface area (Å²) in [4.78, 5) is 28.6. The minimum absolute atomic E-state index is 0.00209. The van der Waals surface area contributed by atoms with E-state index in [4.69, 9.17) is 23.2 Å². The van der Waals surface area contributed by atoms with Gasteiger partial charge in [-0.05, 0) is 61.7 Å². The van der Waals surface area contributed by atoms with Gasteiger partial charge in [-0.3, -0.25) is 13.9 Å². The number of carbonyl (C=O) groups is 2. The molecule has 0 radical (unpaired) electrons. The minimum Gasteiger partial charge on any atom is -0.352 e. The molecule has 1 N–H and O–H groups in total. The van der Waals surface area contributed by atoms with Gasteiger partial charge in [-0.25, -0.2) is 8.42 Å². The van der Waals surface area contributed by atoms with Gasteiger partial charge in [0.25, 0.3) is 10.0 Å². The summed E-state index contributed by atoms with van der Waals surface area (Å²) in [6.07, 6.45) is 3.89. The third-order valence-electron chi connectivity index (χ3n) is 6.88. The zero-order valence-electron chi connectivity index (χ0n) is 21.6. The topological polar surface area (TPSA) is 86.8 Å². The lowest BCUT2D eigenvalue weighted by Crippen LogP contribution is -2.52. The van der Waals surface area contributed by atoms with Crippen LogP contribution in [0.3, 0.4) is 0 Å². The first kappa shape index (κ1) is 28.9. The predicted octanol–water partition coefficient (Wildman–Crippen LogP) is 5.66. The minimum atomic E-state index is -4.09. The Hall–Kier alpha value is -3.07. The van der Waals surface area contributed by atoms with E-state index in [-0.39, 0.29) is 23.4 Å². The van der Waals surface area contributed by atoms with Crippen LogP contribution in [-0.4, -0.2) is 43.8 Å². The van der Waals surface area contributed by atoms with Gasteiger partial charge < -0.3 is 10.2 Å². The molecule has 1 saturated carbocycles. The van der Waals surface area contributed by atoms with Gasteiger partial charge in [-0.2, -0.15) is 0 Å². The van der Waals surface area contributed by atoms with Crippen molar-refractivity contribution in [3.05, 3.63) is 94.5 Å². The zero-order valence-corrected chi connectivity index (χ0v) is 23.9. The maximum Gasteiger partial charge on any atom is 0.264 e. The smallest absolute Gasteiger partial charge is 0.264 e. The summed E-state index contributed by atoms with van der Waals surface area (Å²) in [6, 6.07) is 20.5. The lowest BCUT2D eigenvalue weighted by molar-refractivity contribution is -0.139. The first-order chi connectivity index (χ1) is 18.7. The van der Waals surface area contributed by atoms with E-state index in [1.807, 2.05) is 0 Å². The number of rotatable bonds is 10. The average molecular weight is 589 g/mol. The van der Waals surface area contributed by atoms with Crippen LogP contribution >= 0.6 is 23.2 Å². The van der Waals surface area contributed by atoms with Crippen LogP contribution in [0.5, 0.6) is 0 Å². The molecule has 1 fully saturated rings. The summed E-state index contributed by atoms with van der Waals surface area (Å²) in [7, 11) is -4.09.